The fourth-order valence-corrected chi connectivity index (χ4v) is 11.7. The number of anilines is 3. The summed E-state index contributed by atoms with van der Waals surface area (Å²) in [6.07, 6.45) is 0. The van der Waals surface area contributed by atoms with Crippen molar-refractivity contribution < 1.29 is 0 Å². The third kappa shape index (κ3) is 6.61. The quantitative estimate of drug-likeness (QED) is 0.147. The Hall–Kier alpha value is -7.56. The second-order valence-electron chi connectivity index (χ2n) is 16.0. The van der Waals surface area contributed by atoms with E-state index >= 15 is 0 Å². The Morgan fingerprint density at radius 2 is 0.746 bits per heavy atom. The lowest BCUT2D eigenvalue weighted by molar-refractivity contribution is 1.28. The molecule has 296 valence electrons. The average molecular weight is 838 g/mol. The van der Waals surface area contributed by atoms with Crippen molar-refractivity contribution in [2.45, 2.75) is 0 Å². The topological polar surface area (TPSA) is 3.24 Å². The van der Waals surface area contributed by atoms with Crippen LogP contribution in [-0.2, 0) is 0 Å². The minimum Gasteiger partial charge on any atom is -0.310 e. The fourth-order valence-electron chi connectivity index (χ4n) is 9.38. The van der Waals surface area contributed by atoms with Gasteiger partial charge in [0.2, 0.25) is 0 Å². The van der Waals surface area contributed by atoms with Crippen molar-refractivity contribution in [3.05, 3.63) is 237 Å². The summed E-state index contributed by atoms with van der Waals surface area (Å²) in [6, 6.07) is 86.7. The smallest absolute Gasteiger partial charge is 0.0546 e. The van der Waals surface area contributed by atoms with Gasteiger partial charge in [0, 0.05) is 57.3 Å². The largest absolute Gasteiger partial charge is 0.310 e. The molecule has 2 aromatic heterocycles. The van der Waals surface area contributed by atoms with Crippen LogP contribution >= 0.6 is 22.7 Å². The molecule has 2 heterocycles. The third-order valence-electron chi connectivity index (χ3n) is 12.3. The molecular formula is C60H39NS2. The maximum atomic E-state index is 2.45. The van der Waals surface area contributed by atoms with E-state index in [1.165, 1.54) is 96.0 Å². The fraction of sp³-hybridized carbons (Fsp3) is 0. The van der Waals surface area contributed by atoms with Crippen molar-refractivity contribution in [1.29, 1.82) is 0 Å². The van der Waals surface area contributed by atoms with E-state index in [2.05, 4.69) is 241 Å². The highest BCUT2D eigenvalue weighted by atomic mass is 32.1. The zero-order valence-electron chi connectivity index (χ0n) is 34.3. The van der Waals surface area contributed by atoms with Crippen LogP contribution in [0.3, 0.4) is 0 Å². The summed E-state index contributed by atoms with van der Waals surface area (Å²) in [5, 5.41) is 5.27. The molecule has 0 N–H and O–H groups in total. The van der Waals surface area contributed by atoms with Gasteiger partial charge in [0.05, 0.1) is 5.69 Å². The Balaban J connectivity index is 1.05. The highest BCUT2D eigenvalue weighted by Gasteiger charge is 2.23. The number of rotatable bonds is 8. The summed E-state index contributed by atoms with van der Waals surface area (Å²) in [6.45, 7) is 0. The van der Waals surface area contributed by atoms with Crippen molar-refractivity contribution in [3.8, 4) is 55.6 Å². The predicted octanol–water partition coefficient (Wildman–Crippen LogP) is 18.2. The standard InChI is InChI=1S/C60H39NS2/c1-3-15-41(16-4-1)47-19-7-8-21-52(47)59-48(42-17-5-2-6-18-42)23-13-25-54(59)61(45-34-29-40(30-35-45)44-33-38-51-50-20-9-11-26-55(50)63-58(51)39-44)46-36-31-43(32-37-46)49-24-14-28-57-60(49)53-22-10-12-27-56(53)62-57/h1-39H. The first-order chi connectivity index (χ1) is 31.2. The predicted molar refractivity (Wildman–Crippen MR) is 274 cm³/mol. The summed E-state index contributed by atoms with van der Waals surface area (Å²) in [4.78, 5) is 2.45. The molecule has 10 aromatic carbocycles. The van der Waals surface area contributed by atoms with Gasteiger partial charge in [0.15, 0.2) is 0 Å². The van der Waals surface area contributed by atoms with Crippen LogP contribution in [0.5, 0.6) is 0 Å². The van der Waals surface area contributed by atoms with Gasteiger partial charge < -0.3 is 4.90 Å². The number of fused-ring (bicyclic) bond motifs is 6. The molecule has 0 amide bonds. The van der Waals surface area contributed by atoms with Crippen molar-refractivity contribution in [2.24, 2.45) is 0 Å². The van der Waals surface area contributed by atoms with Gasteiger partial charge in [0.25, 0.3) is 0 Å². The molecule has 0 aliphatic carbocycles. The zero-order chi connectivity index (χ0) is 41.7. The summed E-state index contributed by atoms with van der Waals surface area (Å²) >= 11 is 3.73. The van der Waals surface area contributed by atoms with Crippen LogP contribution in [0.1, 0.15) is 0 Å². The molecule has 0 bridgehead atoms. The maximum absolute atomic E-state index is 2.45. The van der Waals surface area contributed by atoms with Gasteiger partial charge >= 0.3 is 0 Å². The first-order valence-electron chi connectivity index (χ1n) is 21.4. The first kappa shape index (κ1) is 37.2. The number of nitrogens with zero attached hydrogens (tertiary/aromatic N) is 1. The second-order valence-corrected chi connectivity index (χ2v) is 18.2. The third-order valence-corrected chi connectivity index (χ3v) is 14.6. The highest BCUT2D eigenvalue weighted by molar-refractivity contribution is 7.26. The molecule has 1 nitrogen and oxygen atoms in total. The molecule has 0 saturated heterocycles. The summed E-state index contributed by atoms with van der Waals surface area (Å²) in [5.41, 5.74) is 15.3. The van der Waals surface area contributed by atoms with Gasteiger partial charge in [-0.25, -0.2) is 0 Å². The first-order valence-corrected chi connectivity index (χ1v) is 23.0. The Labute approximate surface area is 375 Å². The maximum Gasteiger partial charge on any atom is 0.0546 e. The molecule has 12 rings (SSSR count). The van der Waals surface area contributed by atoms with Crippen LogP contribution in [0.25, 0.3) is 96.0 Å². The van der Waals surface area contributed by atoms with E-state index in [1.54, 1.807) is 0 Å². The summed E-state index contributed by atoms with van der Waals surface area (Å²) < 4.78 is 5.26. The van der Waals surface area contributed by atoms with Crippen LogP contribution in [0.2, 0.25) is 0 Å². The van der Waals surface area contributed by atoms with Crippen LogP contribution < -0.4 is 4.90 Å². The minimum absolute atomic E-state index is 1.09. The Morgan fingerprint density at radius 1 is 0.270 bits per heavy atom. The minimum atomic E-state index is 1.09. The van der Waals surface area contributed by atoms with Crippen molar-refractivity contribution in [3.63, 3.8) is 0 Å². The molecular weight excluding hydrogens is 799 g/mol. The lowest BCUT2D eigenvalue weighted by Crippen LogP contribution is -2.12. The normalized spacial score (nSPS) is 11.5. The number of thiophene rings is 2. The van der Waals surface area contributed by atoms with Gasteiger partial charge in [-0.15, -0.1) is 22.7 Å². The van der Waals surface area contributed by atoms with E-state index in [9.17, 15) is 0 Å². The second kappa shape index (κ2) is 15.7. The van der Waals surface area contributed by atoms with Gasteiger partial charge in [-0.2, -0.15) is 0 Å². The van der Waals surface area contributed by atoms with E-state index in [0.29, 0.717) is 0 Å². The van der Waals surface area contributed by atoms with Gasteiger partial charge in [-0.1, -0.05) is 182 Å². The van der Waals surface area contributed by atoms with Crippen molar-refractivity contribution in [2.75, 3.05) is 4.90 Å². The molecule has 0 atom stereocenters. The van der Waals surface area contributed by atoms with E-state index in [4.69, 9.17) is 0 Å². The Kier molecular flexibility index (Phi) is 9.29. The van der Waals surface area contributed by atoms with Gasteiger partial charge in [0.1, 0.15) is 0 Å². The van der Waals surface area contributed by atoms with E-state index in [0.717, 1.165) is 17.1 Å². The Bertz CT molecular complexity index is 3600. The lowest BCUT2D eigenvalue weighted by Gasteiger charge is -2.30. The van der Waals surface area contributed by atoms with Gasteiger partial charge in [-0.05, 0) is 105 Å². The lowest BCUT2D eigenvalue weighted by atomic mass is 9.87. The molecule has 12 aromatic rings. The Morgan fingerprint density at radius 3 is 1.48 bits per heavy atom. The summed E-state index contributed by atoms with van der Waals surface area (Å²) in [5.74, 6) is 0. The zero-order valence-corrected chi connectivity index (χ0v) is 35.9. The molecule has 3 heteroatoms. The molecule has 0 fully saturated rings. The van der Waals surface area contributed by atoms with Crippen LogP contribution in [-0.4, -0.2) is 0 Å². The molecule has 0 aliphatic heterocycles. The molecule has 0 saturated carbocycles. The SMILES string of the molecule is c1ccc(-c2ccccc2-c2c(-c3ccccc3)cccc2N(c2ccc(-c3ccc4c(c3)sc3ccccc34)cc2)c2ccc(-c3cccc4sc5ccccc5c34)cc2)cc1. The molecule has 0 radical (unpaired) electrons. The van der Waals surface area contributed by atoms with Crippen molar-refractivity contribution in [1.82, 2.24) is 0 Å². The van der Waals surface area contributed by atoms with Crippen LogP contribution in [0.15, 0.2) is 237 Å². The highest BCUT2D eigenvalue weighted by Crippen LogP contribution is 2.49. The molecule has 0 spiro atoms. The summed E-state index contributed by atoms with van der Waals surface area (Å²) in [7, 11) is 0. The van der Waals surface area contributed by atoms with Gasteiger partial charge in [-0.3, -0.25) is 0 Å². The number of benzene rings is 10. The molecule has 63 heavy (non-hydrogen) atoms. The van der Waals surface area contributed by atoms with Crippen LogP contribution in [0, 0.1) is 0 Å². The van der Waals surface area contributed by atoms with Crippen molar-refractivity contribution >= 4 is 80.1 Å². The number of hydrogen-bond acceptors (Lipinski definition) is 3. The monoisotopic (exact) mass is 837 g/mol. The number of hydrogen-bond donors (Lipinski definition) is 0. The molecule has 0 aliphatic rings. The van der Waals surface area contributed by atoms with E-state index in [1.807, 2.05) is 22.7 Å². The molecule has 0 unspecified atom stereocenters. The average Bonchev–Trinajstić information content (AvgIpc) is 3.93. The van der Waals surface area contributed by atoms with E-state index < -0.39 is 0 Å². The van der Waals surface area contributed by atoms with E-state index in [-0.39, 0.29) is 0 Å². The van der Waals surface area contributed by atoms with Crippen LogP contribution in [0.4, 0.5) is 17.1 Å².